The minimum atomic E-state index is -1.14. The summed E-state index contributed by atoms with van der Waals surface area (Å²) in [4.78, 5) is 45.3. The molecule has 4 fully saturated rings. The maximum absolute atomic E-state index is 14.4. The smallest absolute Gasteiger partial charge is 0.408 e. The van der Waals surface area contributed by atoms with Crippen molar-refractivity contribution >= 4 is 17.8 Å². The number of hydrogen-bond donors (Lipinski definition) is 3. The lowest BCUT2D eigenvalue weighted by Gasteiger charge is -2.47. The summed E-state index contributed by atoms with van der Waals surface area (Å²) in [6.07, 6.45) is 2.35. The number of hydrogen-bond acceptors (Lipinski definition) is 12. The summed E-state index contributed by atoms with van der Waals surface area (Å²) < 4.78 is 31.7. The van der Waals surface area contributed by atoms with Gasteiger partial charge in [-0.15, -0.1) is 0 Å². The van der Waals surface area contributed by atoms with Crippen LogP contribution in [0.5, 0.6) is 0 Å². The minimum absolute atomic E-state index is 0.0322. The van der Waals surface area contributed by atoms with Crippen molar-refractivity contribution in [2.24, 2.45) is 17.8 Å². The van der Waals surface area contributed by atoms with Crippen molar-refractivity contribution in [3.8, 4) is 0 Å². The average Bonchev–Trinajstić information content (AvgIpc) is 3.25. The summed E-state index contributed by atoms with van der Waals surface area (Å²) in [5, 5.41) is 18.3. The van der Waals surface area contributed by atoms with E-state index in [4.69, 9.17) is 23.7 Å². The predicted molar refractivity (Wildman–Crippen MR) is 193 cm³/mol. The maximum Gasteiger partial charge on any atom is 0.408 e. The monoisotopic (exact) mass is 724 g/mol. The molecule has 13 nitrogen and oxygen atoms in total. The lowest BCUT2D eigenvalue weighted by atomic mass is 9.78. The fourth-order valence-electron chi connectivity index (χ4n) is 9.07. The maximum atomic E-state index is 14.4. The molecule has 4 aliphatic rings. The van der Waals surface area contributed by atoms with Gasteiger partial charge in [-0.2, -0.15) is 0 Å². The van der Waals surface area contributed by atoms with Crippen LogP contribution >= 0.6 is 0 Å². The summed E-state index contributed by atoms with van der Waals surface area (Å²) in [5.41, 5.74) is -2.12. The van der Waals surface area contributed by atoms with Crippen molar-refractivity contribution in [1.82, 2.24) is 20.4 Å². The van der Waals surface area contributed by atoms with E-state index in [1.165, 1.54) is 12.8 Å². The molecule has 294 valence electrons. The topological polar surface area (TPSA) is 148 Å². The van der Waals surface area contributed by atoms with E-state index >= 15 is 0 Å². The Kier molecular flexibility index (Phi) is 14.8. The number of ether oxygens (including phenoxy) is 5. The van der Waals surface area contributed by atoms with E-state index in [1.807, 2.05) is 46.7 Å². The molecule has 13 atom stereocenters. The molecule has 1 amide bonds. The standard InChI is InChI=1S/C38H68N4O9/c1-11-29-38(12-2)32(40-36(46)51-38)26(6)39-21-23(3)20-37(7,47-10)33(24(4)30(43)25(5)34(45)49-29)50-35-31(44)28(41(8)9)19-27(48-35)22-42-17-15-13-14-16-18-42/h23-29,31-33,35,39,44H,11-22H2,1-10H3,(H,40,46)/t23-,24+,25?,26-,27?,28?,29-,31?,32-,33-,35?,37-,38-/m1/s1. The van der Waals surface area contributed by atoms with E-state index in [2.05, 4.69) is 22.5 Å². The molecule has 0 aliphatic carbocycles. The molecule has 0 aromatic heterocycles. The lowest BCUT2D eigenvalue weighted by molar-refractivity contribution is -0.298. The molecular weight excluding hydrogens is 656 g/mol. The average molecular weight is 725 g/mol. The number of carbonyl (C=O) groups excluding carboxylic acids is 3. The molecule has 4 rings (SSSR count). The molecule has 51 heavy (non-hydrogen) atoms. The van der Waals surface area contributed by atoms with E-state index in [-0.39, 0.29) is 29.9 Å². The fraction of sp³-hybridized carbons (Fsp3) is 0.921. The van der Waals surface area contributed by atoms with Crippen LogP contribution in [-0.2, 0) is 33.3 Å². The van der Waals surface area contributed by atoms with Crippen LogP contribution in [0.4, 0.5) is 4.79 Å². The predicted octanol–water partition coefficient (Wildman–Crippen LogP) is 3.50. The van der Waals surface area contributed by atoms with E-state index < -0.39 is 65.7 Å². The number of likely N-dealkylation sites (N-methyl/N-ethyl adjacent to an activating group) is 1. The number of aliphatic hydroxyl groups excluding tert-OH is 1. The SMILES string of the molecule is CC[C@H]1OC(=O)C(C)C(=O)[C@H](C)[C@@H](OC2OC(CN3CCCCCC3)CC(N(C)C)C2O)[C@](C)(OC)C[C@@H](C)CN[C@H](C)[C@H]2NC(=O)O[C@@]21CC. The van der Waals surface area contributed by atoms with Gasteiger partial charge in [0.2, 0.25) is 0 Å². The van der Waals surface area contributed by atoms with Crippen LogP contribution in [0.25, 0.3) is 0 Å². The van der Waals surface area contributed by atoms with E-state index in [9.17, 15) is 19.5 Å². The number of nitrogens with one attached hydrogen (secondary N) is 2. The molecule has 5 unspecified atom stereocenters. The van der Waals surface area contributed by atoms with Crippen molar-refractivity contribution in [1.29, 1.82) is 0 Å². The third-order valence-corrected chi connectivity index (χ3v) is 12.2. The van der Waals surface area contributed by atoms with Gasteiger partial charge in [0.25, 0.3) is 0 Å². The number of fused-ring (bicyclic) bond motifs is 1. The molecule has 3 N–H and O–H groups in total. The van der Waals surface area contributed by atoms with Crippen molar-refractivity contribution in [3.63, 3.8) is 0 Å². The van der Waals surface area contributed by atoms with Gasteiger partial charge in [-0.3, -0.25) is 9.59 Å². The summed E-state index contributed by atoms with van der Waals surface area (Å²) in [7, 11) is 5.52. The Balaban J connectivity index is 1.68. The van der Waals surface area contributed by atoms with Gasteiger partial charge in [-0.05, 0) is 98.9 Å². The quantitative estimate of drug-likeness (QED) is 0.249. The number of amides is 1. The molecule has 4 heterocycles. The zero-order chi connectivity index (χ0) is 37.7. The van der Waals surface area contributed by atoms with Gasteiger partial charge < -0.3 is 49.2 Å². The Morgan fingerprint density at radius 1 is 1.04 bits per heavy atom. The van der Waals surface area contributed by atoms with Crippen LogP contribution in [0, 0.1) is 17.8 Å². The summed E-state index contributed by atoms with van der Waals surface area (Å²) in [6.45, 7) is 16.5. The van der Waals surface area contributed by atoms with Crippen molar-refractivity contribution in [2.75, 3.05) is 47.4 Å². The van der Waals surface area contributed by atoms with Crippen molar-refractivity contribution in [3.05, 3.63) is 0 Å². The first-order valence-corrected chi connectivity index (χ1v) is 19.5. The summed E-state index contributed by atoms with van der Waals surface area (Å²) >= 11 is 0. The zero-order valence-corrected chi connectivity index (χ0v) is 32.9. The number of alkyl carbamates (subject to hydrolysis) is 1. The van der Waals surface area contributed by atoms with Crippen LogP contribution in [0.15, 0.2) is 0 Å². The number of rotatable bonds is 8. The van der Waals surface area contributed by atoms with Gasteiger partial charge in [0.15, 0.2) is 17.7 Å². The lowest BCUT2D eigenvalue weighted by Crippen LogP contribution is -2.61. The highest BCUT2D eigenvalue weighted by Gasteiger charge is 2.57. The number of carbonyl (C=O) groups is 3. The number of cyclic esters (lactones) is 1. The van der Waals surface area contributed by atoms with Crippen molar-refractivity contribution < 1.29 is 43.2 Å². The van der Waals surface area contributed by atoms with Crippen LogP contribution in [0.3, 0.4) is 0 Å². The van der Waals surface area contributed by atoms with Gasteiger partial charge in [0, 0.05) is 31.7 Å². The van der Waals surface area contributed by atoms with Gasteiger partial charge in [0.05, 0.1) is 23.9 Å². The normalized spacial score (nSPS) is 42.6. The number of likely N-dealkylation sites (tertiary alicyclic amines) is 1. The first-order valence-electron chi connectivity index (χ1n) is 19.5. The summed E-state index contributed by atoms with van der Waals surface area (Å²) in [6, 6.07) is -0.928. The molecule has 0 saturated carbocycles. The molecule has 0 radical (unpaired) electrons. The van der Waals surface area contributed by atoms with Gasteiger partial charge >= 0.3 is 12.1 Å². The van der Waals surface area contributed by atoms with Crippen LogP contribution in [-0.4, -0.2) is 140 Å². The molecule has 0 aromatic rings. The molecule has 0 spiro atoms. The highest BCUT2D eigenvalue weighted by atomic mass is 16.7. The molecular formula is C38H68N4O9. The van der Waals surface area contributed by atoms with Gasteiger partial charge in [-0.1, -0.05) is 40.5 Å². The highest BCUT2D eigenvalue weighted by Crippen LogP contribution is 2.39. The fourth-order valence-corrected chi connectivity index (χ4v) is 9.07. The number of ketones is 1. The Labute approximate surface area is 306 Å². The molecule has 0 aromatic carbocycles. The largest absolute Gasteiger partial charge is 0.457 e. The second-order valence-electron chi connectivity index (χ2n) is 16.2. The Hall–Kier alpha value is -1.87. The second-order valence-corrected chi connectivity index (χ2v) is 16.2. The highest BCUT2D eigenvalue weighted by molar-refractivity contribution is 6.00. The Morgan fingerprint density at radius 2 is 1.71 bits per heavy atom. The zero-order valence-electron chi connectivity index (χ0n) is 32.9. The van der Waals surface area contributed by atoms with Crippen LogP contribution < -0.4 is 10.6 Å². The van der Waals surface area contributed by atoms with E-state index in [0.29, 0.717) is 32.2 Å². The number of esters is 1. The first kappa shape index (κ1) is 41.9. The first-order chi connectivity index (χ1) is 24.1. The van der Waals surface area contributed by atoms with Gasteiger partial charge in [0.1, 0.15) is 18.1 Å². The van der Waals surface area contributed by atoms with Gasteiger partial charge in [-0.25, -0.2) is 4.79 Å². The minimum Gasteiger partial charge on any atom is -0.457 e. The van der Waals surface area contributed by atoms with Crippen LogP contribution in [0.2, 0.25) is 0 Å². The molecule has 4 saturated heterocycles. The van der Waals surface area contributed by atoms with Crippen LogP contribution in [0.1, 0.15) is 99.8 Å². The number of Topliss-reactive ketones (excluding diaryl/α,β-unsaturated/α-hetero) is 1. The third-order valence-electron chi connectivity index (χ3n) is 12.2. The molecule has 13 heteroatoms. The summed E-state index contributed by atoms with van der Waals surface area (Å²) in [5.74, 6) is -2.99. The Bertz CT molecular complexity index is 1170. The number of aliphatic hydroxyl groups is 1. The third kappa shape index (κ3) is 9.45. The number of methoxy groups -OCH3 is 1. The molecule has 4 aliphatic heterocycles. The second kappa shape index (κ2) is 18.0. The Morgan fingerprint density at radius 3 is 2.29 bits per heavy atom. The number of nitrogens with zero attached hydrogens (tertiary/aromatic N) is 2. The van der Waals surface area contributed by atoms with E-state index in [1.54, 1.807) is 21.0 Å². The van der Waals surface area contributed by atoms with E-state index in [0.717, 1.165) is 32.5 Å². The van der Waals surface area contributed by atoms with Crippen molar-refractivity contribution in [2.45, 2.75) is 160 Å². The molecule has 0 bridgehead atoms.